The highest BCUT2D eigenvalue weighted by atomic mass is 32.3. The highest BCUT2D eigenvalue weighted by molar-refractivity contribution is 8.13. The van der Waals surface area contributed by atoms with Crippen molar-refractivity contribution in [2.45, 2.75) is 49.4 Å². The van der Waals surface area contributed by atoms with Gasteiger partial charge in [0.2, 0.25) is 10.0 Å². The Hall–Kier alpha value is -0.720. The van der Waals surface area contributed by atoms with E-state index < -0.39 is 14.7 Å². The molecular formula is C13H20N2O2S2. The van der Waals surface area contributed by atoms with Crippen molar-refractivity contribution >= 4 is 27.5 Å². The summed E-state index contributed by atoms with van der Waals surface area (Å²) in [5, 5.41) is 0. The number of hydrogen-bond acceptors (Lipinski definition) is 4. The van der Waals surface area contributed by atoms with Crippen molar-refractivity contribution in [3.8, 4) is 0 Å². The number of benzene rings is 1. The van der Waals surface area contributed by atoms with Crippen molar-refractivity contribution in [2.24, 2.45) is 0 Å². The molecule has 0 amide bonds. The fourth-order valence-electron chi connectivity index (χ4n) is 2.17. The Balaban J connectivity index is 2.39. The molecule has 0 bridgehead atoms. The summed E-state index contributed by atoms with van der Waals surface area (Å²) in [5.74, 6) is 0. The first kappa shape index (κ1) is 14.7. The molecule has 0 radical (unpaired) electrons. The second-order valence-corrected chi connectivity index (χ2v) is 8.40. The molecule has 1 heterocycles. The maximum absolute atomic E-state index is 12.5. The van der Waals surface area contributed by atoms with Gasteiger partial charge in [-0.05, 0) is 39.8 Å². The Morgan fingerprint density at radius 1 is 1.21 bits per heavy atom. The van der Waals surface area contributed by atoms with E-state index in [0.29, 0.717) is 0 Å². The van der Waals surface area contributed by atoms with Gasteiger partial charge in [0.1, 0.15) is 0 Å². The zero-order valence-corrected chi connectivity index (χ0v) is 13.3. The van der Waals surface area contributed by atoms with Crippen molar-refractivity contribution in [1.29, 1.82) is 0 Å². The molecule has 1 aliphatic rings. The van der Waals surface area contributed by atoms with Gasteiger partial charge >= 0.3 is 0 Å². The molecule has 106 valence electrons. The lowest BCUT2D eigenvalue weighted by atomic mass is 10.2. The van der Waals surface area contributed by atoms with Crippen LogP contribution in [-0.4, -0.2) is 25.2 Å². The van der Waals surface area contributed by atoms with Crippen LogP contribution in [0.4, 0.5) is 5.69 Å². The van der Waals surface area contributed by atoms with Crippen LogP contribution in [0.25, 0.3) is 0 Å². The average Bonchev–Trinajstić information content (AvgIpc) is 2.67. The molecule has 2 rings (SSSR count). The number of nitrogens with one attached hydrogen (secondary N) is 1. The molecule has 0 saturated heterocycles. The number of rotatable bonds is 4. The number of thioether (sulfide) groups is 1. The summed E-state index contributed by atoms with van der Waals surface area (Å²) in [6.07, 6.45) is 0. The summed E-state index contributed by atoms with van der Waals surface area (Å²) in [6.45, 7) is 7.70. The molecule has 0 aliphatic carbocycles. The molecule has 1 N–H and O–H groups in total. The van der Waals surface area contributed by atoms with Gasteiger partial charge in [-0.3, -0.25) is 0 Å². The first-order chi connectivity index (χ1) is 8.83. The first-order valence-corrected chi connectivity index (χ1v) is 8.80. The van der Waals surface area contributed by atoms with E-state index in [1.54, 1.807) is 0 Å². The Kier molecular flexibility index (Phi) is 4.13. The second kappa shape index (κ2) is 5.34. The number of para-hydroxylation sites is 1. The van der Waals surface area contributed by atoms with Gasteiger partial charge in [-0.1, -0.05) is 23.9 Å². The van der Waals surface area contributed by atoms with Gasteiger partial charge in [0.25, 0.3) is 0 Å². The average molecular weight is 300 g/mol. The minimum Gasteiger partial charge on any atom is -0.342 e. The van der Waals surface area contributed by atoms with Gasteiger partial charge in [-0.25, -0.2) is 13.1 Å². The molecule has 1 unspecified atom stereocenters. The lowest BCUT2D eigenvalue weighted by Gasteiger charge is -2.30. The van der Waals surface area contributed by atoms with E-state index in [0.717, 1.165) is 10.6 Å². The summed E-state index contributed by atoms with van der Waals surface area (Å²) in [4.78, 5) is 2.99. The van der Waals surface area contributed by atoms with Crippen LogP contribution >= 0.6 is 11.8 Å². The zero-order valence-electron chi connectivity index (χ0n) is 11.6. The summed E-state index contributed by atoms with van der Waals surface area (Å²) in [6, 6.07) is 7.87. The summed E-state index contributed by atoms with van der Waals surface area (Å²) in [5.41, 5.74) is 1.00. The minimum atomic E-state index is -3.38. The van der Waals surface area contributed by atoms with Gasteiger partial charge in [0.15, 0.2) is 4.71 Å². The van der Waals surface area contributed by atoms with Gasteiger partial charge in [-0.15, -0.1) is 0 Å². The Bertz CT molecular complexity index is 556. The van der Waals surface area contributed by atoms with Crippen LogP contribution in [0, 0.1) is 0 Å². The van der Waals surface area contributed by atoms with Crippen LogP contribution in [0.3, 0.4) is 0 Å². The smallest absolute Gasteiger partial charge is 0.243 e. The van der Waals surface area contributed by atoms with E-state index in [9.17, 15) is 8.42 Å². The first-order valence-electron chi connectivity index (χ1n) is 6.38. The third-order valence-corrected chi connectivity index (χ3v) is 6.45. The topological polar surface area (TPSA) is 49.4 Å². The summed E-state index contributed by atoms with van der Waals surface area (Å²) in [7, 11) is -3.38. The number of sulfonamides is 1. The molecule has 1 aromatic carbocycles. The van der Waals surface area contributed by atoms with Crippen LogP contribution < -0.4 is 9.62 Å². The second-order valence-electron chi connectivity index (χ2n) is 5.21. The molecule has 1 aromatic rings. The Labute approximate surface area is 119 Å². The third kappa shape index (κ3) is 2.90. The summed E-state index contributed by atoms with van der Waals surface area (Å²) < 4.78 is 27.0. The highest BCUT2D eigenvalue weighted by Gasteiger charge is 2.40. The van der Waals surface area contributed by atoms with Crippen LogP contribution in [0.2, 0.25) is 0 Å². The minimum absolute atomic E-state index is 0.0941. The molecule has 0 saturated carbocycles. The maximum Gasteiger partial charge on any atom is 0.243 e. The molecule has 1 atom stereocenters. The molecule has 0 aromatic heterocycles. The van der Waals surface area contributed by atoms with Crippen LogP contribution in [-0.2, 0) is 10.0 Å². The van der Waals surface area contributed by atoms with Gasteiger partial charge in [-0.2, -0.15) is 0 Å². The molecule has 0 spiro atoms. The molecular weight excluding hydrogens is 280 g/mol. The van der Waals surface area contributed by atoms with Crippen molar-refractivity contribution in [3.63, 3.8) is 0 Å². The number of anilines is 1. The fraction of sp³-hybridized carbons (Fsp3) is 0.538. The van der Waals surface area contributed by atoms with Crippen LogP contribution in [0.1, 0.15) is 27.7 Å². The van der Waals surface area contributed by atoms with Crippen molar-refractivity contribution in [3.05, 3.63) is 24.3 Å². The van der Waals surface area contributed by atoms with Crippen molar-refractivity contribution in [1.82, 2.24) is 4.72 Å². The van der Waals surface area contributed by atoms with Gasteiger partial charge in [0.05, 0.1) is 5.69 Å². The Morgan fingerprint density at radius 2 is 1.84 bits per heavy atom. The normalized spacial score (nSPS) is 19.3. The van der Waals surface area contributed by atoms with Crippen LogP contribution in [0.5, 0.6) is 0 Å². The monoisotopic (exact) mass is 300 g/mol. The van der Waals surface area contributed by atoms with Crippen LogP contribution in [0.15, 0.2) is 29.2 Å². The van der Waals surface area contributed by atoms with E-state index in [2.05, 4.69) is 4.72 Å². The maximum atomic E-state index is 12.5. The highest BCUT2D eigenvalue weighted by Crippen LogP contribution is 2.46. The van der Waals surface area contributed by atoms with Gasteiger partial charge in [0, 0.05) is 17.0 Å². The molecule has 1 aliphatic heterocycles. The molecule has 19 heavy (non-hydrogen) atoms. The number of fused-ring (bicyclic) bond motifs is 1. The van der Waals surface area contributed by atoms with E-state index in [1.165, 1.54) is 11.8 Å². The lowest BCUT2D eigenvalue weighted by molar-refractivity contribution is 0.559. The predicted octanol–water partition coefficient (Wildman–Crippen LogP) is 2.62. The number of hydrogen-bond donors (Lipinski definition) is 1. The predicted molar refractivity (Wildman–Crippen MR) is 80.9 cm³/mol. The van der Waals surface area contributed by atoms with Gasteiger partial charge < -0.3 is 4.90 Å². The standard InChI is InChI=1S/C13H20N2O2S2/c1-9(2)14-19(16,17)13-15(10(3)4)11-7-5-6-8-12(11)18-13/h5-10,13-14H,1-4H3. The molecule has 0 fully saturated rings. The van der Waals surface area contributed by atoms with E-state index in [4.69, 9.17) is 0 Å². The quantitative estimate of drug-likeness (QED) is 0.928. The fourth-order valence-corrected chi connectivity index (χ4v) is 5.72. The largest absolute Gasteiger partial charge is 0.342 e. The van der Waals surface area contributed by atoms with Crippen molar-refractivity contribution in [2.75, 3.05) is 4.90 Å². The third-order valence-electron chi connectivity index (χ3n) is 2.82. The van der Waals surface area contributed by atoms with E-state index >= 15 is 0 Å². The SMILES string of the molecule is CC(C)NS(=O)(=O)C1Sc2ccccc2N1C(C)C. The lowest BCUT2D eigenvalue weighted by Crippen LogP contribution is -2.47. The summed E-state index contributed by atoms with van der Waals surface area (Å²) >= 11 is 1.40. The van der Waals surface area contributed by atoms with Crippen molar-refractivity contribution < 1.29 is 8.42 Å². The molecule has 4 nitrogen and oxygen atoms in total. The number of nitrogens with zero attached hydrogens (tertiary/aromatic N) is 1. The van der Waals surface area contributed by atoms with E-state index in [1.807, 2.05) is 56.9 Å². The Morgan fingerprint density at radius 3 is 2.42 bits per heavy atom. The molecule has 6 heteroatoms. The zero-order chi connectivity index (χ0) is 14.2. The van der Waals surface area contributed by atoms with E-state index in [-0.39, 0.29) is 12.1 Å².